The van der Waals surface area contributed by atoms with Gasteiger partial charge in [-0.25, -0.2) is 4.79 Å². The fourth-order valence-corrected chi connectivity index (χ4v) is 3.06. The summed E-state index contributed by atoms with van der Waals surface area (Å²) in [6, 6.07) is 8.70. The van der Waals surface area contributed by atoms with Gasteiger partial charge in [-0.15, -0.1) is 11.3 Å². The second-order valence-corrected chi connectivity index (χ2v) is 6.38. The number of hydrazone groups is 1. The number of ether oxygens (including phenoxy) is 1. The Labute approximate surface area is 156 Å². The van der Waals surface area contributed by atoms with Gasteiger partial charge in [0.05, 0.1) is 23.4 Å². The first-order valence-corrected chi connectivity index (χ1v) is 8.72. The molecular weight excluding hydrogens is 381 g/mol. The number of rotatable bonds is 4. The molecule has 1 amide bonds. The molecule has 0 spiro atoms. The van der Waals surface area contributed by atoms with Crippen LogP contribution in [-0.4, -0.2) is 30.4 Å². The molecule has 1 aliphatic heterocycles. The number of thiophene rings is 1. The quantitative estimate of drug-likeness (QED) is 0.575. The molecule has 0 bridgehead atoms. The molecule has 0 fully saturated rings. The number of carbonyl (C=O) groups is 2. The van der Waals surface area contributed by atoms with Gasteiger partial charge in [0, 0.05) is 4.88 Å². The van der Waals surface area contributed by atoms with Gasteiger partial charge in [0.1, 0.15) is 0 Å². The lowest BCUT2D eigenvalue weighted by atomic mass is 10.1. The summed E-state index contributed by atoms with van der Waals surface area (Å²) in [4.78, 5) is 24.7. The number of nitrogens with zero attached hydrogens (tertiary/aromatic N) is 2. The van der Waals surface area contributed by atoms with E-state index in [2.05, 4.69) is 5.10 Å². The molecule has 1 aromatic carbocycles. The fraction of sp³-hybridized carbons (Fsp3) is 0.167. The molecule has 3 rings (SSSR count). The lowest BCUT2D eigenvalue weighted by molar-refractivity contribution is -0.114. The molecule has 1 aromatic heterocycles. The van der Waals surface area contributed by atoms with Crippen molar-refractivity contribution in [1.82, 2.24) is 0 Å². The summed E-state index contributed by atoms with van der Waals surface area (Å²) in [6.45, 7) is 1.85. The van der Waals surface area contributed by atoms with Gasteiger partial charge in [0.25, 0.3) is 5.91 Å². The molecule has 0 saturated carbocycles. The van der Waals surface area contributed by atoms with Gasteiger partial charge < -0.3 is 4.74 Å². The fourth-order valence-electron chi connectivity index (χ4n) is 2.40. The minimum atomic E-state index is -4.78. The first-order valence-electron chi connectivity index (χ1n) is 7.84. The molecule has 27 heavy (non-hydrogen) atoms. The van der Waals surface area contributed by atoms with E-state index in [4.69, 9.17) is 4.74 Å². The topological polar surface area (TPSA) is 59.0 Å². The molecule has 0 atom stereocenters. The summed E-state index contributed by atoms with van der Waals surface area (Å²) in [5.74, 6) is -1.45. The van der Waals surface area contributed by atoms with Crippen molar-refractivity contribution in [1.29, 1.82) is 0 Å². The smallest absolute Gasteiger partial charge is 0.435 e. The first kappa shape index (κ1) is 18.8. The van der Waals surface area contributed by atoms with Crippen molar-refractivity contribution in [3.8, 4) is 0 Å². The Kier molecular flexibility index (Phi) is 5.13. The van der Waals surface area contributed by atoms with Crippen LogP contribution in [0.1, 0.15) is 22.2 Å². The van der Waals surface area contributed by atoms with Gasteiger partial charge in [0.2, 0.25) is 0 Å². The van der Waals surface area contributed by atoms with Gasteiger partial charge in [-0.05, 0) is 48.7 Å². The number of alkyl halides is 3. The lowest BCUT2D eigenvalue weighted by Crippen LogP contribution is -2.25. The third-order valence-corrected chi connectivity index (χ3v) is 4.42. The number of carbonyl (C=O) groups excluding carboxylic acids is 2. The highest BCUT2D eigenvalue weighted by atomic mass is 32.1. The molecule has 0 N–H and O–H groups in total. The monoisotopic (exact) mass is 394 g/mol. The van der Waals surface area contributed by atoms with Crippen molar-refractivity contribution >= 4 is 40.7 Å². The van der Waals surface area contributed by atoms with Crippen LogP contribution < -0.4 is 5.01 Å². The Hall–Kier alpha value is -2.94. The summed E-state index contributed by atoms with van der Waals surface area (Å²) in [5, 5.41) is 5.85. The zero-order valence-electron chi connectivity index (χ0n) is 14.0. The number of hydrogen-bond acceptors (Lipinski definition) is 5. The van der Waals surface area contributed by atoms with Crippen LogP contribution >= 0.6 is 11.3 Å². The Morgan fingerprint density at radius 3 is 2.52 bits per heavy atom. The van der Waals surface area contributed by atoms with Crippen molar-refractivity contribution in [2.45, 2.75) is 13.1 Å². The molecule has 0 saturated heterocycles. The Morgan fingerprint density at radius 2 is 1.96 bits per heavy atom. The van der Waals surface area contributed by atoms with Crippen LogP contribution in [0.3, 0.4) is 0 Å². The van der Waals surface area contributed by atoms with Crippen molar-refractivity contribution in [3.63, 3.8) is 0 Å². The average molecular weight is 394 g/mol. The normalized spacial score (nSPS) is 16.0. The van der Waals surface area contributed by atoms with Crippen LogP contribution in [0.5, 0.6) is 0 Å². The van der Waals surface area contributed by atoms with Gasteiger partial charge in [-0.2, -0.15) is 23.3 Å². The summed E-state index contributed by atoms with van der Waals surface area (Å²) in [7, 11) is 0. The van der Waals surface area contributed by atoms with Crippen molar-refractivity contribution < 1.29 is 27.5 Å². The van der Waals surface area contributed by atoms with Gasteiger partial charge >= 0.3 is 12.1 Å². The molecule has 0 aliphatic carbocycles. The zero-order chi connectivity index (χ0) is 19.6. The van der Waals surface area contributed by atoms with Crippen molar-refractivity contribution in [3.05, 3.63) is 57.8 Å². The van der Waals surface area contributed by atoms with Crippen LogP contribution in [0.2, 0.25) is 0 Å². The number of benzene rings is 1. The van der Waals surface area contributed by atoms with E-state index in [-0.39, 0.29) is 17.9 Å². The van der Waals surface area contributed by atoms with Crippen molar-refractivity contribution in [2.75, 3.05) is 11.6 Å². The Bertz CT molecular complexity index is 916. The number of hydrogen-bond donors (Lipinski definition) is 0. The highest BCUT2D eigenvalue weighted by Crippen LogP contribution is 2.33. The van der Waals surface area contributed by atoms with Gasteiger partial charge in [0.15, 0.2) is 5.71 Å². The number of amides is 1. The van der Waals surface area contributed by atoms with E-state index in [0.29, 0.717) is 9.89 Å². The predicted molar refractivity (Wildman–Crippen MR) is 95.7 cm³/mol. The lowest BCUT2D eigenvalue weighted by Gasteiger charge is -2.12. The van der Waals surface area contributed by atoms with Crippen LogP contribution in [0, 0.1) is 0 Å². The van der Waals surface area contributed by atoms with Crippen LogP contribution in [-0.2, 0) is 9.53 Å². The van der Waals surface area contributed by atoms with Crippen LogP contribution in [0.25, 0.3) is 6.08 Å². The third-order valence-electron chi connectivity index (χ3n) is 3.60. The predicted octanol–water partition coefficient (Wildman–Crippen LogP) is 4.27. The highest BCUT2D eigenvalue weighted by molar-refractivity contribution is 7.10. The van der Waals surface area contributed by atoms with E-state index in [9.17, 15) is 22.8 Å². The maximum atomic E-state index is 13.3. The van der Waals surface area contributed by atoms with E-state index in [1.807, 2.05) is 0 Å². The molecular formula is C18H13F3N2O3S. The third kappa shape index (κ3) is 3.92. The molecule has 5 nitrogen and oxygen atoms in total. The molecule has 1 aliphatic rings. The minimum Gasteiger partial charge on any atom is -0.462 e. The molecule has 0 radical (unpaired) electrons. The second kappa shape index (κ2) is 7.36. The number of anilines is 1. The Balaban J connectivity index is 1.95. The summed E-state index contributed by atoms with van der Waals surface area (Å²) < 4.78 is 44.9. The van der Waals surface area contributed by atoms with E-state index in [1.54, 1.807) is 24.4 Å². The summed E-state index contributed by atoms with van der Waals surface area (Å²) >= 11 is 1.21. The molecule has 0 unspecified atom stereocenters. The maximum Gasteiger partial charge on any atom is 0.435 e. The SMILES string of the molecule is CCOC(=O)c1ccc(N2N=C(C(F)(F)F)/C(=C/c3cccs3)C2=O)cc1. The standard InChI is InChI=1S/C18H13F3N2O3S/c1-2-26-17(25)11-5-7-12(8-6-11)23-16(24)14(10-13-4-3-9-27-13)15(22-23)18(19,20)21/h3-10H,2H2,1H3/b14-10-. The number of halogens is 3. The van der Waals surface area contributed by atoms with Crippen LogP contribution in [0.4, 0.5) is 18.9 Å². The van der Waals surface area contributed by atoms with E-state index < -0.39 is 29.3 Å². The maximum absolute atomic E-state index is 13.3. The van der Waals surface area contributed by atoms with E-state index >= 15 is 0 Å². The molecule has 9 heteroatoms. The van der Waals surface area contributed by atoms with E-state index in [0.717, 1.165) is 0 Å². The molecule has 2 aromatic rings. The highest BCUT2D eigenvalue weighted by Gasteiger charge is 2.46. The minimum absolute atomic E-state index is 0.115. The van der Waals surface area contributed by atoms with E-state index in [1.165, 1.54) is 41.7 Å². The molecule has 2 heterocycles. The zero-order valence-corrected chi connectivity index (χ0v) is 14.8. The van der Waals surface area contributed by atoms with Crippen LogP contribution in [0.15, 0.2) is 52.5 Å². The first-order chi connectivity index (χ1) is 12.8. The van der Waals surface area contributed by atoms with Crippen molar-refractivity contribution in [2.24, 2.45) is 5.10 Å². The largest absolute Gasteiger partial charge is 0.462 e. The summed E-state index contributed by atoms with van der Waals surface area (Å²) in [6.07, 6.45) is -3.61. The average Bonchev–Trinajstić information content (AvgIpc) is 3.24. The molecule has 140 valence electrons. The van der Waals surface area contributed by atoms with Gasteiger partial charge in [-0.1, -0.05) is 6.07 Å². The number of esters is 1. The van der Waals surface area contributed by atoms with Gasteiger partial charge in [-0.3, -0.25) is 4.79 Å². The Morgan fingerprint density at radius 1 is 1.26 bits per heavy atom. The second-order valence-electron chi connectivity index (χ2n) is 5.40. The summed E-state index contributed by atoms with van der Waals surface area (Å²) in [5.41, 5.74) is -1.44.